The van der Waals surface area contributed by atoms with Crippen molar-refractivity contribution in [2.75, 3.05) is 11.9 Å². The third-order valence-electron chi connectivity index (χ3n) is 4.25. The number of rotatable bonds is 5. The van der Waals surface area contributed by atoms with Crippen molar-refractivity contribution < 1.29 is 9.53 Å². The fraction of sp³-hybridized carbons (Fsp3) is 0.143. The average Bonchev–Trinajstić information content (AvgIpc) is 3.23. The Morgan fingerprint density at radius 1 is 1.19 bits per heavy atom. The van der Waals surface area contributed by atoms with Crippen molar-refractivity contribution in [1.82, 2.24) is 9.38 Å². The molecule has 4 aromatic rings. The number of nitrogens with one attached hydrogen (secondary N) is 1. The summed E-state index contributed by atoms with van der Waals surface area (Å²) >= 11 is 1.60. The molecule has 6 heteroatoms. The molecule has 0 fully saturated rings. The second-order valence-corrected chi connectivity index (χ2v) is 7.28. The second kappa shape index (κ2) is 7.25. The van der Waals surface area contributed by atoms with Gasteiger partial charge in [-0.05, 0) is 37.6 Å². The lowest BCUT2D eigenvalue weighted by Crippen LogP contribution is -2.20. The zero-order chi connectivity index (χ0) is 18.8. The van der Waals surface area contributed by atoms with Crippen LogP contribution < -0.4 is 10.1 Å². The number of thiazole rings is 1. The van der Waals surface area contributed by atoms with Gasteiger partial charge in [-0.15, -0.1) is 11.3 Å². The Labute approximate surface area is 161 Å². The molecule has 0 atom stereocenters. The predicted molar refractivity (Wildman–Crippen MR) is 109 cm³/mol. The van der Waals surface area contributed by atoms with Crippen molar-refractivity contribution in [2.45, 2.75) is 13.8 Å². The number of aromatic nitrogens is 2. The molecule has 0 aliphatic rings. The molecule has 0 spiro atoms. The van der Waals surface area contributed by atoms with Gasteiger partial charge in [-0.1, -0.05) is 29.8 Å². The molecule has 0 bridgehead atoms. The van der Waals surface area contributed by atoms with Crippen molar-refractivity contribution in [3.8, 4) is 17.0 Å². The summed E-state index contributed by atoms with van der Waals surface area (Å²) in [5.74, 6) is 0.538. The van der Waals surface area contributed by atoms with Gasteiger partial charge in [-0.25, -0.2) is 4.98 Å². The third-order valence-corrected chi connectivity index (χ3v) is 5.02. The molecule has 0 unspecified atom stereocenters. The third kappa shape index (κ3) is 3.85. The lowest BCUT2D eigenvalue weighted by atomic mass is 10.1. The van der Waals surface area contributed by atoms with Crippen LogP contribution in [0.15, 0.2) is 60.2 Å². The number of imidazole rings is 1. The maximum atomic E-state index is 12.2. The van der Waals surface area contributed by atoms with Crippen LogP contribution in [0.3, 0.4) is 0 Å². The number of benzene rings is 2. The minimum absolute atomic E-state index is 0.0248. The van der Waals surface area contributed by atoms with Gasteiger partial charge in [0.15, 0.2) is 11.6 Å². The zero-order valence-corrected chi connectivity index (χ0v) is 15.9. The SMILES string of the molecule is Cc1ccc(OCC(=O)Nc2ccc(-c3cn4ccsc4n3)cc2)c(C)c1. The van der Waals surface area contributed by atoms with E-state index < -0.39 is 0 Å². The second-order valence-electron chi connectivity index (χ2n) is 6.40. The summed E-state index contributed by atoms with van der Waals surface area (Å²) in [5, 5.41) is 4.86. The number of fused-ring (bicyclic) bond motifs is 1. The highest BCUT2D eigenvalue weighted by molar-refractivity contribution is 7.15. The summed E-state index contributed by atoms with van der Waals surface area (Å²) < 4.78 is 7.62. The maximum absolute atomic E-state index is 12.2. The van der Waals surface area contributed by atoms with Crippen LogP contribution in [0.4, 0.5) is 5.69 Å². The van der Waals surface area contributed by atoms with Gasteiger partial charge in [0.1, 0.15) is 5.75 Å². The van der Waals surface area contributed by atoms with E-state index in [0.717, 1.165) is 33.2 Å². The summed E-state index contributed by atoms with van der Waals surface area (Å²) in [5.41, 5.74) is 4.84. The number of carbonyl (C=O) groups is 1. The van der Waals surface area contributed by atoms with E-state index in [1.807, 2.05) is 78.5 Å². The van der Waals surface area contributed by atoms with E-state index >= 15 is 0 Å². The predicted octanol–water partition coefficient (Wildman–Crippen LogP) is 4.70. The summed E-state index contributed by atoms with van der Waals surface area (Å²) in [6.07, 6.45) is 3.98. The monoisotopic (exact) mass is 377 g/mol. The first-order valence-corrected chi connectivity index (χ1v) is 9.49. The fourth-order valence-electron chi connectivity index (χ4n) is 2.89. The molecule has 0 aliphatic heterocycles. The molecule has 5 nitrogen and oxygen atoms in total. The Hall–Kier alpha value is -3.12. The first-order chi connectivity index (χ1) is 13.1. The van der Waals surface area contributed by atoms with Gasteiger partial charge in [-0.2, -0.15) is 0 Å². The number of anilines is 1. The minimum Gasteiger partial charge on any atom is -0.483 e. The molecule has 0 saturated heterocycles. The number of ether oxygens (including phenoxy) is 1. The van der Waals surface area contributed by atoms with Crippen LogP contribution in [0, 0.1) is 13.8 Å². The molecule has 4 rings (SSSR count). The highest BCUT2D eigenvalue weighted by atomic mass is 32.1. The van der Waals surface area contributed by atoms with Crippen LogP contribution in [0.2, 0.25) is 0 Å². The molecule has 136 valence electrons. The van der Waals surface area contributed by atoms with Gasteiger partial charge in [0.05, 0.1) is 5.69 Å². The van der Waals surface area contributed by atoms with Gasteiger partial charge < -0.3 is 10.1 Å². The van der Waals surface area contributed by atoms with Crippen LogP contribution in [-0.2, 0) is 4.79 Å². The summed E-state index contributed by atoms with van der Waals surface area (Å²) in [6.45, 7) is 3.97. The Morgan fingerprint density at radius 3 is 2.74 bits per heavy atom. The van der Waals surface area contributed by atoms with Crippen LogP contribution in [-0.4, -0.2) is 21.9 Å². The fourth-order valence-corrected chi connectivity index (χ4v) is 3.59. The molecule has 1 N–H and O–H groups in total. The molecular formula is C21H19N3O2S. The topological polar surface area (TPSA) is 55.6 Å². The number of amides is 1. The maximum Gasteiger partial charge on any atom is 0.262 e. The average molecular weight is 377 g/mol. The van der Waals surface area contributed by atoms with E-state index in [1.54, 1.807) is 11.3 Å². The van der Waals surface area contributed by atoms with Crippen molar-refractivity contribution in [3.63, 3.8) is 0 Å². The van der Waals surface area contributed by atoms with E-state index in [2.05, 4.69) is 10.3 Å². The summed E-state index contributed by atoms with van der Waals surface area (Å²) in [4.78, 5) is 17.7. The first kappa shape index (κ1) is 17.3. The molecule has 0 radical (unpaired) electrons. The van der Waals surface area contributed by atoms with Gasteiger partial charge >= 0.3 is 0 Å². The number of aryl methyl sites for hydroxylation is 2. The van der Waals surface area contributed by atoms with Gasteiger partial charge in [-0.3, -0.25) is 9.20 Å². The van der Waals surface area contributed by atoms with Crippen molar-refractivity contribution in [2.24, 2.45) is 0 Å². The quantitative estimate of drug-likeness (QED) is 0.549. The Bertz CT molecular complexity index is 1070. The molecule has 2 aromatic carbocycles. The molecule has 2 heterocycles. The molecular weight excluding hydrogens is 358 g/mol. The molecule has 0 aliphatic carbocycles. The standard InChI is InChI=1S/C21H19N3O2S/c1-14-3-8-19(15(2)11-14)26-13-20(25)22-17-6-4-16(5-7-17)18-12-24-9-10-27-21(24)23-18/h3-12H,13H2,1-2H3,(H,22,25). The van der Waals surface area contributed by atoms with Crippen LogP contribution >= 0.6 is 11.3 Å². The van der Waals surface area contributed by atoms with E-state index in [0.29, 0.717) is 0 Å². The lowest BCUT2D eigenvalue weighted by Gasteiger charge is -2.10. The van der Waals surface area contributed by atoms with E-state index in [4.69, 9.17) is 4.74 Å². The number of hydrogen-bond acceptors (Lipinski definition) is 4. The van der Waals surface area contributed by atoms with Gasteiger partial charge in [0.25, 0.3) is 5.91 Å². The van der Waals surface area contributed by atoms with E-state index in [9.17, 15) is 4.79 Å². The van der Waals surface area contributed by atoms with E-state index in [1.165, 1.54) is 5.56 Å². The van der Waals surface area contributed by atoms with Crippen LogP contribution in [0.5, 0.6) is 5.75 Å². The highest BCUT2D eigenvalue weighted by Crippen LogP contribution is 2.23. The first-order valence-electron chi connectivity index (χ1n) is 8.61. The van der Waals surface area contributed by atoms with Crippen LogP contribution in [0.1, 0.15) is 11.1 Å². The Balaban J connectivity index is 1.37. The summed E-state index contributed by atoms with van der Waals surface area (Å²) in [7, 11) is 0. The summed E-state index contributed by atoms with van der Waals surface area (Å²) in [6, 6.07) is 13.5. The zero-order valence-electron chi connectivity index (χ0n) is 15.1. The van der Waals surface area contributed by atoms with E-state index in [-0.39, 0.29) is 12.5 Å². The highest BCUT2D eigenvalue weighted by Gasteiger charge is 2.08. The molecule has 27 heavy (non-hydrogen) atoms. The number of carbonyl (C=O) groups excluding carboxylic acids is 1. The van der Waals surface area contributed by atoms with Crippen molar-refractivity contribution in [1.29, 1.82) is 0 Å². The van der Waals surface area contributed by atoms with Crippen molar-refractivity contribution >= 4 is 27.9 Å². The molecule has 0 saturated carbocycles. The Morgan fingerprint density at radius 2 is 2.00 bits per heavy atom. The smallest absolute Gasteiger partial charge is 0.262 e. The Kier molecular flexibility index (Phi) is 4.64. The van der Waals surface area contributed by atoms with Gasteiger partial charge in [0.2, 0.25) is 0 Å². The lowest BCUT2D eigenvalue weighted by molar-refractivity contribution is -0.118. The van der Waals surface area contributed by atoms with Gasteiger partial charge in [0, 0.05) is 29.0 Å². The largest absolute Gasteiger partial charge is 0.483 e. The molecule has 2 aromatic heterocycles. The number of hydrogen-bond donors (Lipinski definition) is 1. The van der Waals surface area contributed by atoms with Crippen LogP contribution in [0.25, 0.3) is 16.2 Å². The normalized spacial score (nSPS) is 10.9. The molecule has 1 amide bonds. The number of nitrogens with zero attached hydrogens (tertiary/aromatic N) is 2. The van der Waals surface area contributed by atoms with Crippen molar-refractivity contribution in [3.05, 3.63) is 71.4 Å². The minimum atomic E-state index is -0.190.